The van der Waals surface area contributed by atoms with Crippen molar-refractivity contribution in [2.24, 2.45) is 11.7 Å². The van der Waals surface area contributed by atoms with E-state index >= 15 is 0 Å². The van der Waals surface area contributed by atoms with E-state index in [0.717, 1.165) is 11.1 Å². The molecule has 1 saturated heterocycles. The van der Waals surface area contributed by atoms with Crippen LogP contribution in [-0.4, -0.2) is 24.3 Å². The quantitative estimate of drug-likeness (QED) is 0.687. The molecule has 1 fully saturated rings. The molecule has 2 aliphatic heterocycles. The van der Waals surface area contributed by atoms with Crippen LogP contribution in [0.4, 0.5) is 0 Å². The predicted octanol–water partition coefficient (Wildman–Crippen LogP) is 1.47. The highest BCUT2D eigenvalue weighted by Gasteiger charge is 2.49. The summed E-state index contributed by atoms with van der Waals surface area (Å²) in [6.07, 6.45) is 3.05. The molecule has 0 amide bonds. The van der Waals surface area contributed by atoms with Gasteiger partial charge in [0.1, 0.15) is 6.07 Å². The summed E-state index contributed by atoms with van der Waals surface area (Å²) in [5.74, 6) is -0.745. The van der Waals surface area contributed by atoms with Crippen molar-refractivity contribution in [1.82, 2.24) is 15.8 Å². The normalized spacial score (nSPS) is 26.1. The van der Waals surface area contributed by atoms with Crippen LogP contribution in [0.1, 0.15) is 33.4 Å². The number of nitrogens with zero attached hydrogens (tertiary/aromatic N) is 2. The van der Waals surface area contributed by atoms with Gasteiger partial charge in [0.2, 0.25) is 5.88 Å². The number of hydrazine groups is 1. The Hall–Kier alpha value is -3.41. The van der Waals surface area contributed by atoms with Gasteiger partial charge in [-0.25, -0.2) is 15.6 Å². The largest absolute Gasteiger partial charge is 0.465 e. The molecule has 1 aromatic carbocycles. The molecule has 0 bridgehead atoms. The summed E-state index contributed by atoms with van der Waals surface area (Å²) in [5, 5.41) is 9.76. The van der Waals surface area contributed by atoms with Crippen LogP contribution in [0.3, 0.4) is 0 Å². The Kier molecular flexibility index (Phi) is 4.69. The topological polar surface area (TPSA) is 122 Å². The zero-order valence-corrected chi connectivity index (χ0v) is 15.1. The molecule has 3 heterocycles. The van der Waals surface area contributed by atoms with E-state index in [1.54, 1.807) is 24.5 Å². The summed E-state index contributed by atoms with van der Waals surface area (Å²) in [6, 6.07) is 13.0. The van der Waals surface area contributed by atoms with E-state index in [1.165, 1.54) is 7.11 Å². The molecular weight excluding hydrogens is 358 g/mol. The summed E-state index contributed by atoms with van der Waals surface area (Å²) >= 11 is 0. The number of carbonyl (C=O) groups excluding carboxylic acids is 1. The number of allylic oxidation sites excluding steroid dienone is 1. The van der Waals surface area contributed by atoms with Crippen LogP contribution >= 0.6 is 0 Å². The molecule has 4 atom stereocenters. The minimum Gasteiger partial charge on any atom is -0.465 e. The Morgan fingerprint density at radius 1 is 1.18 bits per heavy atom. The van der Waals surface area contributed by atoms with Gasteiger partial charge in [-0.1, -0.05) is 12.1 Å². The molecule has 2 aromatic rings. The van der Waals surface area contributed by atoms with Crippen molar-refractivity contribution in [2.45, 2.75) is 18.2 Å². The molecular formula is C20H19N5O3. The maximum absolute atomic E-state index is 11.7. The van der Waals surface area contributed by atoms with Gasteiger partial charge >= 0.3 is 5.97 Å². The van der Waals surface area contributed by atoms with E-state index in [-0.39, 0.29) is 23.8 Å². The molecule has 28 heavy (non-hydrogen) atoms. The number of aromatic nitrogens is 1. The van der Waals surface area contributed by atoms with Gasteiger partial charge in [-0.15, -0.1) is 0 Å². The fourth-order valence-corrected chi connectivity index (χ4v) is 3.89. The number of carbonyl (C=O) groups is 1. The van der Waals surface area contributed by atoms with Crippen molar-refractivity contribution in [3.05, 3.63) is 76.9 Å². The first kappa shape index (κ1) is 18.0. The van der Waals surface area contributed by atoms with Gasteiger partial charge in [0.05, 0.1) is 24.3 Å². The highest BCUT2D eigenvalue weighted by atomic mass is 16.5. The second kappa shape index (κ2) is 7.31. The molecule has 4 rings (SSSR count). The van der Waals surface area contributed by atoms with Crippen molar-refractivity contribution in [2.75, 3.05) is 7.11 Å². The third-order valence-corrected chi connectivity index (χ3v) is 5.21. The molecule has 8 heteroatoms. The Morgan fingerprint density at radius 2 is 1.89 bits per heavy atom. The number of nitriles is 1. The molecule has 4 N–H and O–H groups in total. The van der Waals surface area contributed by atoms with Gasteiger partial charge in [-0.2, -0.15) is 5.26 Å². The lowest BCUT2D eigenvalue weighted by atomic mass is 9.74. The first-order valence-electron chi connectivity index (χ1n) is 8.79. The average Bonchev–Trinajstić information content (AvgIpc) is 3.16. The van der Waals surface area contributed by atoms with E-state index in [2.05, 4.69) is 21.9 Å². The first-order valence-corrected chi connectivity index (χ1v) is 8.79. The minimum atomic E-state index is -0.411. The number of pyridine rings is 1. The van der Waals surface area contributed by atoms with Crippen LogP contribution in [0.15, 0.2) is 60.2 Å². The number of hydrogen-bond acceptors (Lipinski definition) is 8. The number of ether oxygens (including phenoxy) is 2. The standard InChI is InChI=1S/C20H19N5O3/c1-27-20(26)13-4-2-11(3-5-13)15-14(10-21)18(22)28-19-16(15)17(24-25-19)12-6-8-23-9-7-12/h2-9,15-17,19,24-25H,22H2,1H3. The predicted molar refractivity (Wildman–Crippen MR) is 99.0 cm³/mol. The number of methoxy groups -OCH3 is 1. The van der Waals surface area contributed by atoms with E-state index in [9.17, 15) is 10.1 Å². The van der Waals surface area contributed by atoms with E-state index in [4.69, 9.17) is 15.2 Å². The molecule has 2 aliphatic rings. The van der Waals surface area contributed by atoms with E-state index < -0.39 is 12.2 Å². The molecule has 142 valence electrons. The molecule has 0 saturated carbocycles. The number of rotatable bonds is 3. The van der Waals surface area contributed by atoms with E-state index in [0.29, 0.717) is 11.1 Å². The smallest absolute Gasteiger partial charge is 0.337 e. The zero-order chi connectivity index (χ0) is 19.7. The third-order valence-electron chi connectivity index (χ3n) is 5.21. The van der Waals surface area contributed by atoms with Crippen LogP contribution < -0.4 is 16.6 Å². The van der Waals surface area contributed by atoms with Crippen molar-refractivity contribution in [3.8, 4) is 6.07 Å². The molecule has 0 aliphatic carbocycles. The van der Waals surface area contributed by atoms with Gasteiger partial charge in [-0.05, 0) is 35.4 Å². The number of hydrogen-bond donors (Lipinski definition) is 3. The Labute approximate surface area is 161 Å². The number of nitrogens with two attached hydrogens (primary N) is 1. The van der Waals surface area contributed by atoms with Crippen LogP contribution in [0.25, 0.3) is 0 Å². The van der Waals surface area contributed by atoms with Crippen molar-refractivity contribution >= 4 is 5.97 Å². The Balaban J connectivity index is 1.77. The van der Waals surface area contributed by atoms with Gasteiger partial charge in [0.15, 0.2) is 6.23 Å². The summed E-state index contributed by atoms with van der Waals surface area (Å²) in [7, 11) is 1.34. The number of fused-ring (bicyclic) bond motifs is 1. The lowest BCUT2D eigenvalue weighted by Gasteiger charge is -2.36. The van der Waals surface area contributed by atoms with Crippen LogP contribution in [0.2, 0.25) is 0 Å². The minimum absolute atomic E-state index is 0.107. The Bertz CT molecular complexity index is 952. The van der Waals surface area contributed by atoms with Gasteiger partial charge in [0, 0.05) is 24.2 Å². The molecule has 1 aromatic heterocycles. The van der Waals surface area contributed by atoms with Crippen LogP contribution in [0.5, 0.6) is 0 Å². The van der Waals surface area contributed by atoms with Crippen LogP contribution in [0, 0.1) is 17.2 Å². The fourth-order valence-electron chi connectivity index (χ4n) is 3.89. The second-order valence-electron chi connectivity index (χ2n) is 6.64. The molecule has 0 radical (unpaired) electrons. The molecule has 0 spiro atoms. The maximum atomic E-state index is 11.7. The molecule has 4 unspecified atom stereocenters. The monoisotopic (exact) mass is 377 g/mol. The number of nitrogens with one attached hydrogen (secondary N) is 2. The van der Waals surface area contributed by atoms with Crippen LogP contribution in [-0.2, 0) is 9.47 Å². The van der Waals surface area contributed by atoms with Crippen molar-refractivity contribution in [3.63, 3.8) is 0 Å². The van der Waals surface area contributed by atoms with Crippen molar-refractivity contribution < 1.29 is 14.3 Å². The average molecular weight is 377 g/mol. The van der Waals surface area contributed by atoms with Crippen molar-refractivity contribution in [1.29, 1.82) is 5.26 Å². The highest BCUT2D eigenvalue weighted by molar-refractivity contribution is 5.89. The van der Waals surface area contributed by atoms with Gasteiger partial charge < -0.3 is 15.2 Å². The summed E-state index contributed by atoms with van der Waals surface area (Å²) < 4.78 is 10.5. The van der Waals surface area contributed by atoms with Gasteiger partial charge in [-0.3, -0.25) is 4.98 Å². The summed E-state index contributed by atoms with van der Waals surface area (Å²) in [6.45, 7) is 0. The summed E-state index contributed by atoms with van der Waals surface area (Å²) in [5.41, 5.74) is 15.1. The maximum Gasteiger partial charge on any atom is 0.337 e. The first-order chi connectivity index (χ1) is 13.6. The van der Waals surface area contributed by atoms with Gasteiger partial charge in [0.25, 0.3) is 0 Å². The Morgan fingerprint density at radius 3 is 2.54 bits per heavy atom. The van der Waals surface area contributed by atoms with E-state index in [1.807, 2.05) is 24.3 Å². The molecule has 8 nitrogen and oxygen atoms in total. The second-order valence-corrected chi connectivity index (χ2v) is 6.64. The SMILES string of the molecule is COC(=O)c1ccc(C2C(C#N)=C(N)OC3NNC(c4ccncc4)C32)cc1. The number of benzene rings is 1. The lowest BCUT2D eigenvalue weighted by molar-refractivity contribution is 0.0340. The lowest BCUT2D eigenvalue weighted by Crippen LogP contribution is -2.41. The highest BCUT2D eigenvalue weighted by Crippen LogP contribution is 2.47. The summed E-state index contributed by atoms with van der Waals surface area (Å²) in [4.78, 5) is 15.8. The third kappa shape index (κ3) is 2.97. The zero-order valence-electron chi connectivity index (χ0n) is 15.1. The number of esters is 1. The fraction of sp³-hybridized carbons (Fsp3) is 0.250.